The fraction of sp³-hybridized carbons (Fsp3) is 0.800. The molecule has 11 atom stereocenters. The Morgan fingerprint density at radius 1 is 1.20 bits per heavy atom. The van der Waals surface area contributed by atoms with Crippen molar-refractivity contribution < 1.29 is 44.9 Å². The van der Waals surface area contributed by atoms with Gasteiger partial charge in [0.25, 0.3) is 0 Å². The maximum atomic E-state index is 13.2. The summed E-state index contributed by atoms with van der Waals surface area (Å²) < 4.78 is 12.1. The minimum atomic E-state index is -2.59. The quantitative estimate of drug-likeness (QED) is 0.282. The molecule has 4 saturated carbocycles. The van der Waals surface area contributed by atoms with Crippen molar-refractivity contribution in [3.8, 4) is 0 Å². The number of aromatic nitrogens is 1. The number of carbonyl (C=O) groups excluding carboxylic acids is 1. The Morgan fingerprint density at radius 3 is 2.43 bits per heavy atom. The molecule has 6 fully saturated rings. The van der Waals surface area contributed by atoms with Crippen LogP contribution in [0.25, 0.3) is 0 Å². The van der Waals surface area contributed by atoms with Crippen molar-refractivity contribution >= 4 is 5.97 Å². The fourth-order valence-electron chi connectivity index (χ4n) is 9.56. The van der Waals surface area contributed by atoms with Crippen LogP contribution in [-0.4, -0.2) is 87.6 Å². The van der Waals surface area contributed by atoms with Gasteiger partial charge in [-0.05, 0) is 43.7 Å². The van der Waals surface area contributed by atoms with Crippen molar-refractivity contribution in [3.63, 3.8) is 0 Å². The summed E-state index contributed by atoms with van der Waals surface area (Å²) in [5.74, 6) is -4.34. The standard InChI is InChI=1S/C25H35NO9/c1-12(2)22(31)17(34-16(28)14-7-6-10-26-14)23(32)18(4)11-21(30)19(22,5)25(23,33)24(35-21)15(27)13(3)8-9-20(18,24)29/h6-7,10,12-13,15,17,26-27,29-33H,8-9,11H2,1-5H3/t13?,15?,17?,18?,19?,20-,21?,22?,23+,24?,25?/m0/s1. The summed E-state index contributed by atoms with van der Waals surface area (Å²) in [6.45, 7) is 7.91. The molecular formula is C25H35NO9. The number of carbonyl (C=O) groups is 1. The Morgan fingerprint density at radius 2 is 1.86 bits per heavy atom. The number of aliphatic hydroxyl groups is 6. The van der Waals surface area contributed by atoms with E-state index in [4.69, 9.17) is 9.47 Å². The largest absolute Gasteiger partial charge is 0.451 e. The normalized spacial score (nSPS) is 59.8. The lowest BCUT2D eigenvalue weighted by Gasteiger charge is -2.60. The molecule has 0 amide bonds. The number of aromatic amines is 1. The SMILES string of the molecule is CC1CC[C@@]2(O)C3(OC4(O)CC2(C)[C@]2(O)C(OC(=O)c5ccc[nH]5)C(O)(C(C)C)C4(C)C32O)C1O. The van der Waals surface area contributed by atoms with Crippen LogP contribution in [-0.2, 0) is 9.47 Å². The zero-order valence-corrected chi connectivity index (χ0v) is 20.6. The minimum Gasteiger partial charge on any atom is -0.451 e. The highest BCUT2D eigenvalue weighted by molar-refractivity contribution is 5.87. The number of ether oxygens (including phenoxy) is 2. The summed E-state index contributed by atoms with van der Waals surface area (Å²) in [5.41, 5.74) is -15.2. The van der Waals surface area contributed by atoms with Gasteiger partial charge < -0.3 is 45.1 Å². The van der Waals surface area contributed by atoms with E-state index < -0.39 is 74.6 Å². The lowest BCUT2D eigenvalue weighted by Crippen LogP contribution is -2.75. The van der Waals surface area contributed by atoms with Crippen LogP contribution in [0, 0.1) is 22.7 Å². The smallest absolute Gasteiger partial charge is 0.355 e. The summed E-state index contributed by atoms with van der Waals surface area (Å²) in [4.78, 5) is 15.9. The van der Waals surface area contributed by atoms with Crippen LogP contribution in [0.2, 0.25) is 0 Å². The molecule has 1 aromatic heterocycles. The van der Waals surface area contributed by atoms with Gasteiger partial charge in [-0.2, -0.15) is 0 Å². The zero-order chi connectivity index (χ0) is 25.8. The van der Waals surface area contributed by atoms with E-state index in [1.807, 2.05) is 0 Å². The number of nitrogens with one attached hydrogen (secondary N) is 1. The maximum Gasteiger partial charge on any atom is 0.355 e. The van der Waals surface area contributed by atoms with E-state index >= 15 is 0 Å². The predicted octanol–water partition coefficient (Wildman–Crippen LogP) is -0.188. The first-order chi connectivity index (χ1) is 16.0. The van der Waals surface area contributed by atoms with Gasteiger partial charge >= 0.3 is 5.97 Å². The third-order valence-electron chi connectivity index (χ3n) is 11.3. The predicted molar refractivity (Wildman–Crippen MR) is 119 cm³/mol. The van der Waals surface area contributed by atoms with Crippen LogP contribution in [0.5, 0.6) is 0 Å². The number of esters is 1. The molecule has 0 aromatic carbocycles. The summed E-state index contributed by atoms with van der Waals surface area (Å²) >= 11 is 0. The first kappa shape index (κ1) is 23.8. The Labute approximate surface area is 202 Å². The average Bonchev–Trinajstić information content (AvgIpc) is 3.41. The molecule has 1 spiro atoms. The molecule has 7 N–H and O–H groups in total. The van der Waals surface area contributed by atoms with E-state index in [2.05, 4.69) is 4.98 Å². The third-order valence-corrected chi connectivity index (χ3v) is 11.3. The molecule has 194 valence electrons. The van der Waals surface area contributed by atoms with Gasteiger partial charge in [0.2, 0.25) is 0 Å². The van der Waals surface area contributed by atoms with E-state index in [1.54, 1.807) is 26.8 Å². The van der Waals surface area contributed by atoms with Crippen LogP contribution in [0.3, 0.4) is 0 Å². The van der Waals surface area contributed by atoms with Crippen molar-refractivity contribution in [2.75, 3.05) is 0 Å². The highest BCUT2D eigenvalue weighted by Crippen LogP contribution is 2.90. The minimum absolute atomic E-state index is 0.0654. The van der Waals surface area contributed by atoms with Crippen LogP contribution < -0.4 is 0 Å². The van der Waals surface area contributed by atoms with Gasteiger partial charge in [0.05, 0.1) is 11.5 Å². The van der Waals surface area contributed by atoms with Gasteiger partial charge in [0, 0.05) is 18.0 Å². The topological polar surface area (TPSA) is 173 Å². The molecule has 10 nitrogen and oxygen atoms in total. The van der Waals surface area contributed by atoms with E-state index in [0.29, 0.717) is 6.42 Å². The number of rotatable bonds is 3. The highest BCUT2D eigenvalue weighted by Gasteiger charge is 3.10. The van der Waals surface area contributed by atoms with Crippen LogP contribution >= 0.6 is 0 Å². The van der Waals surface area contributed by atoms with Crippen molar-refractivity contribution in [3.05, 3.63) is 24.0 Å². The van der Waals surface area contributed by atoms with Crippen molar-refractivity contribution in [1.29, 1.82) is 0 Å². The molecule has 35 heavy (non-hydrogen) atoms. The van der Waals surface area contributed by atoms with Gasteiger partial charge in [-0.3, -0.25) is 0 Å². The monoisotopic (exact) mass is 493 g/mol. The average molecular weight is 494 g/mol. The molecule has 0 radical (unpaired) electrons. The molecule has 6 bridgehead atoms. The van der Waals surface area contributed by atoms with E-state index in [1.165, 1.54) is 26.1 Å². The molecular weight excluding hydrogens is 458 g/mol. The number of hydrogen-bond donors (Lipinski definition) is 7. The summed E-state index contributed by atoms with van der Waals surface area (Å²) in [7, 11) is 0. The lowest BCUT2D eigenvalue weighted by atomic mass is 9.52. The molecule has 9 unspecified atom stereocenters. The van der Waals surface area contributed by atoms with Gasteiger partial charge in [0.15, 0.2) is 17.5 Å². The second kappa shape index (κ2) is 5.96. The third kappa shape index (κ3) is 1.74. The first-order valence-corrected chi connectivity index (χ1v) is 12.4. The highest BCUT2D eigenvalue weighted by atomic mass is 16.7. The van der Waals surface area contributed by atoms with Crippen molar-refractivity contribution in [1.82, 2.24) is 4.98 Å². The summed E-state index contributed by atoms with van der Waals surface area (Å²) in [6.07, 6.45) is -1.63. The Hall–Kier alpha value is -1.53. The second-order valence-corrected chi connectivity index (χ2v) is 12.4. The van der Waals surface area contributed by atoms with Crippen LogP contribution in [0.15, 0.2) is 18.3 Å². The molecule has 7 rings (SSSR count). The lowest BCUT2D eigenvalue weighted by molar-refractivity contribution is -0.390. The maximum absolute atomic E-state index is 13.2. The molecule has 6 aliphatic rings. The number of hydrogen-bond acceptors (Lipinski definition) is 9. The molecule has 2 aliphatic heterocycles. The summed E-state index contributed by atoms with van der Waals surface area (Å²) in [5, 5.41) is 73.9. The van der Waals surface area contributed by atoms with E-state index in [0.717, 1.165) is 0 Å². The summed E-state index contributed by atoms with van der Waals surface area (Å²) in [6, 6.07) is 3.06. The number of H-pyrrole nitrogens is 1. The Balaban J connectivity index is 1.69. The number of aliphatic hydroxyl groups excluding tert-OH is 1. The van der Waals surface area contributed by atoms with Crippen molar-refractivity contribution in [2.24, 2.45) is 22.7 Å². The second-order valence-electron chi connectivity index (χ2n) is 12.4. The van der Waals surface area contributed by atoms with Gasteiger partial charge in [0.1, 0.15) is 28.1 Å². The molecule has 3 heterocycles. The fourth-order valence-corrected chi connectivity index (χ4v) is 9.56. The van der Waals surface area contributed by atoms with Crippen molar-refractivity contribution in [2.45, 2.75) is 99.9 Å². The van der Waals surface area contributed by atoms with Crippen LogP contribution in [0.4, 0.5) is 0 Å². The molecule has 4 aliphatic carbocycles. The zero-order valence-electron chi connectivity index (χ0n) is 20.6. The van der Waals surface area contributed by atoms with Gasteiger partial charge in [-0.25, -0.2) is 4.79 Å². The van der Waals surface area contributed by atoms with Crippen LogP contribution in [0.1, 0.15) is 64.4 Å². The molecule has 10 heteroatoms. The Bertz CT molecular complexity index is 1130. The Kier molecular flexibility index (Phi) is 4.06. The van der Waals surface area contributed by atoms with Gasteiger partial charge in [-0.1, -0.05) is 27.7 Å². The van der Waals surface area contributed by atoms with E-state index in [9.17, 15) is 35.4 Å². The molecule has 2 saturated heterocycles. The van der Waals surface area contributed by atoms with Gasteiger partial charge in [-0.15, -0.1) is 0 Å². The molecule has 1 aromatic rings. The first-order valence-electron chi connectivity index (χ1n) is 12.4. The van der Waals surface area contributed by atoms with E-state index in [-0.39, 0.29) is 18.5 Å².